The number of nitrogens with zero attached hydrogens (tertiary/aromatic N) is 1. The molecule has 26 heavy (non-hydrogen) atoms. The van der Waals surface area contributed by atoms with Gasteiger partial charge in [-0.2, -0.15) is 5.26 Å². The highest BCUT2D eigenvalue weighted by atomic mass is 32.2. The summed E-state index contributed by atoms with van der Waals surface area (Å²) in [6.07, 6.45) is 1.90. The predicted octanol–water partition coefficient (Wildman–Crippen LogP) is 2.62. The molecule has 2 heterocycles. The Morgan fingerprint density at radius 2 is 2.08 bits per heavy atom. The van der Waals surface area contributed by atoms with Gasteiger partial charge in [-0.1, -0.05) is 0 Å². The number of sulfonamides is 1. The second-order valence-corrected chi connectivity index (χ2v) is 9.10. The van der Waals surface area contributed by atoms with E-state index in [0.717, 1.165) is 28.9 Å². The molecular weight excluding hydrogens is 372 g/mol. The summed E-state index contributed by atoms with van der Waals surface area (Å²) in [5.41, 5.74) is 1.03. The fourth-order valence-corrected chi connectivity index (χ4v) is 4.48. The summed E-state index contributed by atoms with van der Waals surface area (Å²) in [5.74, 6) is 0.795. The second kappa shape index (κ2) is 8.18. The lowest BCUT2D eigenvalue weighted by Crippen LogP contribution is -2.48. The third kappa shape index (κ3) is 5.05. The van der Waals surface area contributed by atoms with E-state index in [2.05, 4.69) is 10.8 Å². The number of nitriles is 1. The van der Waals surface area contributed by atoms with Gasteiger partial charge in [0.05, 0.1) is 25.5 Å². The van der Waals surface area contributed by atoms with Crippen molar-refractivity contribution in [3.8, 4) is 22.3 Å². The van der Waals surface area contributed by atoms with Gasteiger partial charge in [-0.05, 0) is 48.4 Å². The molecule has 1 aromatic carbocycles. The van der Waals surface area contributed by atoms with Gasteiger partial charge in [0.25, 0.3) is 0 Å². The average molecular weight is 393 g/mol. The van der Waals surface area contributed by atoms with E-state index in [9.17, 15) is 8.42 Å². The molecule has 3 rings (SSSR count). The van der Waals surface area contributed by atoms with Crippen LogP contribution < -0.4 is 9.46 Å². The first-order valence-electron chi connectivity index (χ1n) is 8.23. The molecule has 0 aliphatic carbocycles. The van der Waals surface area contributed by atoms with Gasteiger partial charge in [-0.25, -0.2) is 13.1 Å². The van der Waals surface area contributed by atoms with Crippen molar-refractivity contribution in [2.45, 2.75) is 12.5 Å². The first-order chi connectivity index (χ1) is 12.4. The number of rotatable bonds is 6. The Labute approximate surface area is 157 Å². The average Bonchev–Trinajstić information content (AvgIpc) is 3.09. The highest BCUT2D eigenvalue weighted by molar-refractivity contribution is 7.88. The maximum Gasteiger partial charge on any atom is 0.209 e. The zero-order valence-corrected chi connectivity index (χ0v) is 16.0. The number of nitrogens with one attached hydrogen (secondary N) is 1. The van der Waals surface area contributed by atoms with E-state index in [1.807, 2.05) is 36.4 Å². The predicted molar refractivity (Wildman–Crippen MR) is 101 cm³/mol. The van der Waals surface area contributed by atoms with E-state index in [4.69, 9.17) is 14.7 Å². The minimum absolute atomic E-state index is 0.0636. The minimum Gasteiger partial charge on any atom is -0.493 e. The smallest absolute Gasteiger partial charge is 0.209 e. The number of hydrogen-bond donors (Lipinski definition) is 1. The Balaban J connectivity index is 1.61. The highest BCUT2D eigenvalue weighted by Gasteiger charge is 2.28. The van der Waals surface area contributed by atoms with Gasteiger partial charge in [-0.15, -0.1) is 11.3 Å². The van der Waals surface area contributed by atoms with Crippen LogP contribution in [0.4, 0.5) is 0 Å². The Hall–Kier alpha value is -1.92. The van der Waals surface area contributed by atoms with E-state index < -0.39 is 10.0 Å². The summed E-state index contributed by atoms with van der Waals surface area (Å²) >= 11 is 1.45. The van der Waals surface area contributed by atoms with Crippen molar-refractivity contribution in [1.82, 2.24) is 4.72 Å². The fraction of sp³-hybridized carbons (Fsp3) is 0.389. The first kappa shape index (κ1) is 18.9. The van der Waals surface area contributed by atoms with E-state index in [-0.39, 0.29) is 12.0 Å². The van der Waals surface area contributed by atoms with Crippen molar-refractivity contribution in [2.24, 2.45) is 5.92 Å². The second-order valence-electron chi connectivity index (χ2n) is 6.23. The van der Waals surface area contributed by atoms with Crippen LogP contribution in [0, 0.1) is 17.2 Å². The van der Waals surface area contributed by atoms with Gasteiger partial charge in [0.15, 0.2) is 0 Å². The van der Waals surface area contributed by atoms with E-state index in [1.54, 1.807) is 0 Å². The normalized spacial score (nSPS) is 20.5. The van der Waals surface area contributed by atoms with Crippen LogP contribution in [0.25, 0.3) is 10.4 Å². The SMILES string of the molecule is CS(=O)(=O)N[C@H]1COCC[C@@H]1COc1ccc(-c2ccc(C#N)s2)cc1. The van der Waals surface area contributed by atoms with Crippen LogP contribution in [0.3, 0.4) is 0 Å². The molecule has 8 heteroatoms. The molecule has 0 spiro atoms. The summed E-state index contributed by atoms with van der Waals surface area (Å²) in [6.45, 7) is 1.39. The fourth-order valence-electron chi connectivity index (χ4n) is 2.86. The summed E-state index contributed by atoms with van der Waals surface area (Å²) in [6, 6.07) is 13.3. The standard InChI is InChI=1S/C18H20N2O4S2/c1-26(21,22)20-17-12-23-9-8-14(17)11-24-15-4-2-13(3-5-15)18-7-6-16(10-19)25-18/h2-7,14,17,20H,8-9,11-12H2,1H3/t14-,17+/m1/s1. The number of hydrogen-bond acceptors (Lipinski definition) is 6. The van der Waals surface area contributed by atoms with Gasteiger partial charge in [0.2, 0.25) is 10.0 Å². The maximum atomic E-state index is 11.5. The molecule has 2 atom stereocenters. The van der Waals surface area contributed by atoms with Crippen molar-refractivity contribution in [1.29, 1.82) is 5.26 Å². The molecule has 1 N–H and O–H groups in total. The lowest BCUT2D eigenvalue weighted by atomic mass is 9.97. The van der Waals surface area contributed by atoms with Crippen molar-refractivity contribution >= 4 is 21.4 Å². The Morgan fingerprint density at radius 3 is 2.73 bits per heavy atom. The van der Waals surface area contributed by atoms with Crippen LogP contribution in [-0.4, -0.2) is 40.5 Å². The summed E-state index contributed by atoms with van der Waals surface area (Å²) in [7, 11) is -3.28. The first-order valence-corrected chi connectivity index (χ1v) is 10.9. The molecule has 6 nitrogen and oxygen atoms in total. The molecule has 2 aromatic rings. The summed E-state index contributed by atoms with van der Waals surface area (Å²) in [4.78, 5) is 1.72. The minimum atomic E-state index is -3.28. The van der Waals surface area contributed by atoms with Gasteiger partial charge in [0, 0.05) is 17.4 Å². The molecule has 0 bridgehead atoms. The number of ether oxygens (including phenoxy) is 2. The molecule has 1 aliphatic heterocycles. The largest absolute Gasteiger partial charge is 0.493 e. The highest BCUT2D eigenvalue weighted by Crippen LogP contribution is 2.29. The van der Waals surface area contributed by atoms with Crippen LogP contribution in [0.2, 0.25) is 0 Å². The topological polar surface area (TPSA) is 88.4 Å². The molecule has 0 amide bonds. The molecule has 1 aliphatic rings. The lowest BCUT2D eigenvalue weighted by Gasteiger charge is -2.31. The van der Waals surface area contributed by atoms with Crippen molar-refractivity contribution in [2.75, 3.05) is 26.1 Å². The van der Waals surface area contributed by atoms with Gasteiger partial charge in [0.1, 0.15) is 16.7 Å². The Morgan fingerprint density at radius 1 is 1.31 bits per heavy atom. The van der Waals surface area contributed by atoms with Crippen molar-refractivity contribution in [3.05, 3.63) is 41.3 Å². The van der Waals surface area contributed by atoms with Crippen LogP contribution >= 0.6 is 11.3 Å². The molecule has 0 radical (unpaired) electrons. The summed E-state index contributed by atoms with van der Waals surface area (Å²) in [5, 5.41) is 8.92. The molecule has 1 aromatic heterocycles. The third-order valence-corrected chi connectivity index (χ3v) is 5.95. The van der Waals surface area contributed by atoms with Crippen LogP contribution in [0.15, 0.2) is 36.4 Å². The number of benzene rings is 1. The van der Waals surface area contributed by atoms with Crippen LogP contribution in [-0.2, 0) is 14.8 Å². The van der Waals surface area contributed by atoms with E-state index in [1.165, 1.54) is 11.3 Å². The lowest BCUT2D eigenvalue weighted by molar-refractivity contribution is 0.0275. The van der Waals surface area contributed by atoms with Crippen molar-refractivity contribution < 1.29 is 17.9 Å². The number of thiophene rings is 1. The Kier molecular flexibility index (Phi) is 5.94. The monoisotopic (exact) mass is 392 g/mol. The molecule has 138 valence electrons. The molecule has 1 saturated heterocycles. The van der Waals surface area contributed by atoms with Gasteiger partial charge >= 0.3 is 0 Å². The quantitative estimate of drug-likeness (QED) is 0.816. The van der Waals surface area contributed by atoms with Gasteiger partial charge in [-0.3, -0.25) is 0 Å². The van der Waals surface area contributed by atoms with E-state index >= 15 is 0 Å². The summed E-state index contributed by atoms with van der Waals surface area (Å²) < 4.78 is 36.9. The molecule has 0 saturated carbocycles. The zero-order valence-electron chi connectivity index (χ0n) is 14.3. The zero-order chi connectivity index (χ0) is 18.6. The van der Waals surface area contributed by atoms with Crippen LogP contribution in [0.1, 0.15) is 11.3 Å². The molecule has 1 fully saturated rings. The van der Waals surface area contributed by atoms with Gasteiger partial charge < -0.3 is 9.47 Å². The molecular formula is C18H20N2O4S2. The molecule has 0 unspecified atom stereocenters. The van der Waals surface area contributed by atoms with Crippen LogP contribution in [0.5, 0.6) is 5.75 Å². The third-order valence-electron chi connectivity index (χ3n) is 4.18. The van der Waals surface area contributed by atoms with E-state index in [0.29, 0.717) is 24.7 Å². The Bertz CT molecular complexity index is 885. The maximum absolute atomic E-state index is 11.5. The van der Waals surface area contributed by atoms with Crippen molar-refractivity contribution in [3.63, 3.8) is 0 Å².